The van der Waals surface area contributed by atoms with E-state index in [0.717, 1.165) is 27.5 Å². The number of para-hydroxylation sites is 1. The van der Waals surface area contributed by atoms with Crippen LogP contribution in [0.5, 0.6) is 11.5 Å². The molecule has 0 radical (unpaired) electrons. The lowest BCUT2D eigenvalue weighted by Crippen LogP contribution is -2.25. The molecule has 2 heteroatoms. The zero-order chi connectivity index (χ0) is 11.7. The first-order valence-corrected chi connectivity index (χ1v) is 5.49. The van der Waals surface area contributed by atoms with Crippen molar-refractivity contribution in [3.63, 3.8) is 0 Å². The van der Waals surface area contributed by atoms with Gasteiger partial charge in [0.25, 0.3) is 0 Å². The first-order valence-electron chi connectivity index (χ1n) is 5.49. The van der Waals surface area contributed by atoms with Crippen molar-refractivity contribution in [2.75, 3.05) is 7.11 Å². The Morgan fingerprint density at radius 3 is 2.76 bits per heavy atom. The van der Waals surface area contributed by atoms with Crippen LogP contribution in [-0.4, -0.2) is 7.11 Å². The molecule has 1 aliphatic rings. The van der Waals surface area contributed by atoms with Crippen LogP contribution in [0.2, 0.25) is 0 Å². The van der Waals surface area contributed by atoms with E-state index in [9.17, 15) is 0 Å². The molecule has 1 heterocycles. The Morgan fingerprint density at radius 2 is 1.88 bits per heavy atom. The monoisotopic (exact) mass is 224 g/mol. The molecule has 2 aromatic carbocycles. The van der Waals surface area contributed by atoms with Gasteiger partial charge < -0.3 is 9.47 Å². The lowest BCUT2D eigenvalue weighted by atomic mass is 10.1. The molecule has 84 valence electrons. The summed E-state index contributed by atoms with van der Waals surface area (Å²) in [5.74, 6) is 1.73. The van der Waals surface area contributed by atoms with E-state index in [0.29, 0.717) is 0 Å². The van der Waals surface area contributed by atoms with Crippen LogP contribution >= 0.6 is 0 Å². The second-order valence-corrected chi connectivity index (χ2v) is 3.88. The molecule has 2 nitrogen and oxygen atoms in total. The number of ether oxygens (including phenoxy) is 2. The molecular formula is C15H12O2. The van der Waals surface area contributed by atoms with Crippen molar-refractivity contribution in [3.8, 4) is 11.5 Å². The third kappa shape index (κ3) is 1.68. The average molecular weight is 224 g/mol. The zero-order valence-corrected chi connectivity index (χ0v) is 9.51. The lowest BCUT2D eigenvalue weighted by molar-refractivity contribution is 0.411. The summed E-state index contributed by atoms with van der Waals surface area (Å²) < 4.78 is 11.0. The minimum Gasteiger partial charge on any atom is -0.496 e. The lowest BCUT2D eigenvalue weighted by Gasteiger charge is -2.01. The molecule has 1 aliphatic heterocycles. The standard InChI is InChI=1S/C15H12O2/c1-16-15-8-4-6-12-10-17-14-7-3-2-5-11(14)9-13(12)15/h2-10H,1H3. The van der Waals surface area contributed by atoms with Gasteiger partial charge in [-0.1, -0.05) is 30.3 Å². The van der Waals surface area contributed by atoms with Gasteiger partial charge in [0.1, 0.15) is 11.5 Å². The predicted molar refractivity (Wildman–Crippen MR) is 67.3 cm³/mol. The highest BCUT2D eigenvalue weighted by molar-refractivity contribution is 5.61. The molecule has 0 unspecified atom stereocenters. The molecule has 0 atom stereocenters. The maximum atomic E-state index is 5.66. The predicted octanol–water partition coefficient (Wildman–Crippen LogP) is 1.65. The van der Waals surface area contributed by atoms with Crippen molar-refractivity contribution in [2.24, 2.45) is 0 Å². The number of fused-ring (bicyclic) bond motifs is 2. The molecule has 0 aromatic heterocycles. The van der Waals surface area contributed by atoms with Gasteiger partial charge in [-0.25, -0.2) is 0 Å². The molecule has 0 fully saturated rings. The van der Waals surface area contributed by atoms with Crippen molar-refractivity contribution < 1.29 is 9.47 Å². The number of rotatable bonds is 1. The average Bonchev–Trinajstić information content (AvgIpc) is 2.57. The number of hydrogen-bond donors (Lipinski definition) is 0. The van der Waals surface area contributed by atoms with Crippen LogP contribution in [0.3, 0.4) is 0 Å². The normalized spacial score (nSPS) is 12.1. The minimum atomic E-state index is 0.860. The number of hydrogen-bond acceptors (Lipinski definition) is 2. The second kappa shape index (κ2) is 3.98. The Kier molecular flexibility index (Phi) is 2.33. The summed E-state index contributed by atoms with van der Waals surface area (Å²) in [7, 11) is 1.68. The Bertz CT molecular complexity index is 672. The van der Waals surface area contributed by atoms with E-state index in [4.69, 9.17) is 9.47 Å². The van der Waals surface area contributed by atoms with Crippen LogP contribution in [0.15, 0.2) is 42.5 Å². The molecule has 2 aromatic rings. The summed E-state index contributed by atoms with van der Waals surface area (Å²) in [6, 6.07) is 13.9. The van der Waals surface area contributed by atoms with E-state index in [2.05, 4.69) is 6.08 Å². The van der Waals surface area contributed by atoms with Gasteiger partial charge in [0.2, 0.25) is 0 Å². The summed E-state index contributed by atoms with van der Waals surface area (Å²) in [5.41, 5.74) is 1.06. The van der Waals surface area contributed by atoms with E-state index in [1.54, 1.807) is 13.4 Å². The second-order valence-electron chi connectivity index (χ2n) is 3.88. The van der Waals surface area contributed by atoms with Gasteiger partial charge in [-0.3, -0.25) is 0 Å². The van der Waals surface area contributed by atoms with Gasteiger partial charge >= 0.3 is 0 Å². The van der Waals surface area contributed by atoms with Crippen molar-refractivity contribution in [1.82, 2.24) is 0 Å². The Balaban J connectivity index is 2.36. The molecule has 0 saturated carbocycles. The molecule has 0 N–H and O–H groups in total. The maximum Gasteiger partial charge on any atom is 0.133 e. The molecule has 0 spiro atoms. The van der Waals surface area contributed by atoms with Crippen LogP contribution in [0.4, 0.5) is 0 Å². The minimum absolute atomic E-state index is 0.860. The molecule has 3 rings (SSSR count). The summed E-state index contributed by atoms with van der Waals surface area (Å²) in [4.78, 5) is 0. The van der Waals surface area contributed by atoms with Gasteiger partial charge in [0.05, 0.1) is 13.4 Å². The van der Waals surface area contributed by atoms with Crippen molar-refractivity contribution in [3.05, 3.63) is 58.5 Å². The van der Waals surface area contributed by atoms with E-state index in [1.807, 2.05) is 42.5 Å². The van der Waals surface area contributed by atoms with Crippen LogP contribution < -0.4 is 19.9 Å². The fourth-order valence-corrected chi connectivity index (χ4v) is 1.99. The van der Waals surface area contributed by atoms with Gasteiger partial charge in [-0.15, -0.1) is 0 Å². The highest BCUT2D eigenvalue weighted by Crippen LogP contribution is 2.20. The van der Waals surface area contributed by atoms with Crippen LogP contribution in [0.25, 0.3) is 12.3 Å². The van der Waals surface area contributed by atoms with Crippen LogP contribution in [0.1, 0.15) is 5.56 Å². The smallest absolute Gasteiger partial charge is 0.133 e. The highest BCUT2D eigenvalue weighted by atomic mass is 16.5. The zero-order valence-electron chi connectivity index (χ0n) is 9.51. The van der Waals surface area contributed by atoms with Gasteiger partial charge in [-0.2, -0.15) is 0 Å². The number of benzene rings is 2. The number of methoxy groups -OCH3 is 1. The van der Waals surface area contributed by atoms with E-state index < -0.39 is 0 Å². The quantitative estimate of drug-likeness (QED) is 0.733. The van der Waals surface area contributed by atoms with Crippen LogP contribution in [0, 0.1) is 0 Å². The molecule has 0 saturated heterocycles. The first kappa shape index (κ1) is 9.97. The summed E-state index contributed by atoms with van der Waals surface area (Å²) in [5, 5.41) is 2.08. The third-order valence-corrected chi connectivity index (χ3v) is 2.85. The van der Waals surface area contributed by atoms with Crippen LogP contribution in [-0.2, 0) is 0 Å². The topological polar surface area (TPSA) is 18.5 Å². The van der Waals surface area contributed by atoms with Gasteiger partial charge in [0, 0.05) is 16.0 Å². The molecule has 17 heavy (non-hydrogen) atoms. The van der Waals surface area contributed by atoms with E-state index in [1.165, 1.54) is 0 Å². The van der Waals surface area contributed by atoms with Gasteiger partial charge in [-0.05, 0) is 18.2 Å². The van der Waals surface area contributed by atoms with Gasteiger partial charge in [0.15, 0.2) is 0 Å². The highest BCUT2D eigenvalue weighted by Gasteiger charge is 2.05. The van der Waals surface area contributed by atoms with Crippen molar-refractivity contribution in [1.29, 1.82) is 0 Å². The van der Waals surface area contributed by atoms with Crippen molar-refractivity contribution in [2.45, 2.75) is 0 Å². The molecular weight excluding hydrogens is 212 g/mol. The fraction of sp³-hybridized carbons (Fsp3) is 0.0667. The van der Waals surface area contributed by atoms with Crippen molar-refractivity contribution >= 4 is 12.3 Å². The maximum absolute atomic E-state index is 5.66. The Morgan fingerprint density at radius 1 is 1.00 bits per heavy atom. The summed E-state index contributed by atoms with van der Waals surface area (Å²) in [6.07, 6.45) is 3.85. The molecule has 0 bridgehead atoms. The third-order valence-electron chi connectivity index (χ3n) is 2.85. The Hall–Kier alpha value is -2.22. The largest absolute Gasteiger partial charge is 0.496 e. The first-order chi connectivity index (χ1) is 8.38. The fourth-order valence-electron chi connectivity index (χ4n) is 1.99. The molecule has 0 amide bonds. The Labute approximate surface area is 99.4 Å². The summed E-state index contributed by atoms with van der Waals surface area (Å²) in [6.45, 7) is 0. The SMILES string of the molecule is COc1cccc2c1=Cc1ccccc1OC=2. The van der Waals surface area contributed by atoms with E-state index >= 15 is 0 Å². The van der Waals surface area contributed by atoms with E-state index in [-0.39, 0.29) is 0 Å². The molecule has 0 aliphatic carbocycles. The summed E-state index contributed by atoms with van der Waals surface area (Å²) >= 11 is 0.